The monoisotopic (exact) mass is 244 g/mol. The van der Waals surface area contributed by atoms with Gasteiger partial charge in [-0.25, -0.2) is 0 Å². The Morgan fingerprint density at radius 3 is 0.857 bits per heavy atom. The van der Waals surface area contributed by atoms with Gasteiger partial charge in [-0.1, -0.05) is 38.5 Å². The zero-order valence-electron chi connectivity index (χ0n) is 9.04. The van der Waals surface area contributed by atoms with Crippen molar-refractivity contribution in [1.82, 2.24) is 0 Å². The van der Waals surface area contributed by atoms with Gasteiger partial charge in [-0.2, -0.15) is 0 Å². The van der Waals surface area contributed by atoms with Crippen LogP contribution in [-0.2, 0) is 0 Å². The molecule has 0 heterocycles. The standard InChI is InChI=1S/C10H24N2.2ClH/c11-9-7-5-3-1-2-4-6-8-10-12;;/h1-12H2;2*1H. The normalized spacial score (nSPS) is 9.00. The van der Waals surface area contributed by atoms with Crippen LogP contribution in [0.1, 0.15) is 51.4 Å². The average molecular weight is 245 g/mol. The molecule has 0 aliphatic carbocycles. The molecule has 0 aromatic heterocycles. The molecule has 0 amide bonds. The van der Waals surface area contributed by atoms with Crippen molar-refractivity contribution in [3.05, 3.63) is 0 Å². The van der Waals surface area contributed by atoms with Crippen molar-refractivity contribution in [3.63, 3.8) is 0 Å². The highest BCUT2D eigenvalue weighted by molar-refractivity contribution is 5.85. The lowest BCUT2D eigenvalue weighted by Gasteiger charge is -2.00. The Morgan fingerprint density at radius 2 is 0.643 bits per heavy atom. The Hall–Kier alpha value is 0.500. The van der Waals surface area contributed by atoms with Crippen molar-refractivity contribution in [2.75, 3.05) is 13.1 Å². The van der Waals surface area contributed by atoms with E-state index in [0.29, 0.717) is 0 Å². The van der Waals surface area contributed by atoms with Crippen LogP contribution in [0, 0.1) is 0 Å². The molecule has 0 spiro atoms. The first-order valence-electron chi connectivity index (χ1n) is 5.32. The SMILES string of the molecule is Cl.Cl.NCCCCCCCCCCN. The summed E-state index contributed by atoms with van der Waals surface area (Å²) < 4.78 is 0. The van der Waals surface area contributed by atoms with E-state index in [2.05, 4.69) is 0 Å². The summed E-state index contributed by atoms with van der Waals surface area (Å²) in [6.07, 6.45) is 10.5. The summed E-state index contributed by atoms with van der Waals surface area (Å²) in [6, 6.07) is 0. The Morgan fingerprint density at radius 1 is 0.429 bits per heavy atom. The van der Waals surface area contributed by atoms with Gasteiger partial charge in [0.1, 0.15) is 0 Å². The highest BCUT2D eigenvalue weighted by Gasteiger charge is 1.90. The second-order valence-corrected chi connectivity index (χ2v) is 3.41. The van der Waals surface area contributed by atoms with Gasteiger partial charge in [0, 0.05) is 0 Å². The maximum Gasteiger partial charge on any atom is -0.00773 e. The quantitative estimate of drug-likeness (QED) is 0.614. The fraction of sp³-hybridized carbons (Fsp3) is 1.00. The molecule has 90 valence electrons. The summed E-state index contributed by atoms with van der Waals surface area (Å²) >= 11 is 0. The summed E-state index contributed by atoms with van der Waals surface area (Å²) in [5.74, 6) is 0. The molecule has 0 aromatic carbocycles. The molecule has 0 bridgehead atoms. The molecule has 2 nitrogen and oxygen atoms in total. The highest BCUT2D eigenvalue weighted by atomic mass is 35.5. The lowest BCUT2D eigenvalue weighted by atomic mass is 10.1. The van der Waals surface area contributed by atoms with Gasteiger partial charge in [-0.3, -0.25) is 0 Å². The predicted molar refractivity (Wildman–Crippen MR) is 69.5 cm³/mol. The summed E-state index contributed by atoms with van der Waals surface area (Å²) in [4.78, 5) is 0. The second-order valence-electron chi connectivity index (χ2n) is 3.41. The largest absolute Gasteiger partial charge is 0.330 e. The van der Waals surface area contributed by atoms with Crippen LogP contribution < -0.4 is 11.5 Å². The van der Waals surface area contributed by atoms with Crippen molar-refractivity contribution in [2.24, 2.45) is 11.5 Å². The van der Waals surface area contributed by atoms with E-state index in [1.807, 2.05) is 0 Å². The molecule has 0 aliphatic heterocycles. The van der Waals surface area contributed by atoms with Gasteiger partial charge >= 0.3 is 0 Å². The van der Waals surface area contributed by atoms with Crippen molar-refractivity contribution in [2.45, 2.75) is 51.4 Å². The Bertz CT molecular complexity index is 72.5. The smallest absolute Gasteiger partial charge is 0.00773 e. The van der Waals surface area contributed by atoms with E-state index >= 15 is 0 Å². The number of nitrogens with two attached hydrogens (primary N) is 2. The molecule has 0 saturated heterocycles. The lowest BCUT2D eigenvalue weighted by molar-refractivity contribution is 0.572. The molecule has 0 fully saturated rings. The number of hydrogen-bond donors (Lipinski definition) is 2. The first kappa shape index (κ1) is 20.0. The van der Waals surface area contributed by atoms with E-state index in [0.717, 1.165) is 13.1 Å². The number of unbranched alkanes of at least 4 members (excludes halogenated alkanes) is 7. The van der Waals surface area contributed by atoms with Crippen molar-refractivity contribution in [3.8, 4) is 0 Å². The molecular weight excluding hydrogens is 219 g/mol. The minimum absolute atomic E-state index is 0. The summed E-state index contributed by atoms with van der Waals surface area (Å²) in [5, 5.41) is 0. The minimum atomic E-state index is 0. The Balaban J connectivity index is -0.000000605. The van der Waals surface area contributed by atoms with E-state index in [1.165, 1.54) is 51.4 Å². The topological polar surface area (TPSA) is 52.0 Å². The molecule has 0 rings (SSSR count). The van der Waals surface area contributed by atoms with E-state index in [-0.39, 0.29) is 24.8 Å². The van der Waals surface area contributed by atoms with Gasteiger partial charge < -0.3 is 11.5 Å². The van der Waals surface area contributed by atoms with E-state index in [1.54, 1.807) is 0 Å². The van der Waals surface area contributed by atoms with Crippen LogP contribution in [0.3, 0.4) is 0 Å². The second kappa shape index (κ2) is 19.1. The summed E-state index contributed by atoms with van der Waals surface area (Å²) in [5.41, 5.74) is 10.8. The maximum absolute atomic E-state index is 5.40. The van der Waals surface area contributed by atoms with Crippen LogP contribution in [0.15, 0.2) is 0 Å². The molecule has 0 unspecified atom stereocenters. The van der Waals surface area contributed by atoms with Gasteiger partial charge in [0.15, 0.2) is 0 Å². The average Bonchev–Trinajstić information content (AvgIpc) is 2.10. The van der Waals surface area contributed by atoms with Gasteiger partial charge in [0.25, 0.3) is 0 Å². The summed E-state index contributed by atoms with van der Waals surface area (Å²) in [6.45, 7) is 1.71. The van der Waals surface area contributed by atoms with Crippen LogP contribution in [0.5, 0.6) is 0 Å². The molecular formula is C10H26Cl2N2. The third-order valence-electron chi connectivity index (χ3n) is 2.16. The molecule has 0 atom stereocenters. The molecule has 4 N–H and O–H groups in total. The number of rotatable bonds is 9. The molecule has 0 aromatic rings. The van der Waals surface area contributed by atoms with Crippen molar-refractivity contribution < 1.29 is 0 Å². The molecule has 0 saturated carbocycles. The third-order valence-corrected chi connectivity index (χ3v) is 2.16. The Labute approximate surface area is 101 Å². The van der Waals surface area contributed by atoms with Crippen LogP contribution in [0.25, 0.3) is 0 Å². The fourth-order valence-corrected chi connectivity index (χ4v) is 1.35. The van der Waals surface area contributed by atoms with Gasteiger partial charge in [0.05, 0.1) is 0 Å². The first-order valence-corrected chi connectivity index (χ1v) is 5.32. The van der Waals surface area contributed by atoms with Gasteiger partial charge in [-0.05, 0) is 25.9 Å². The van der Waals surface area contributed by atoms with Crippen molar-refractivity contribution >= 4 is 24.8 Å². The predicted octanol–water partition coefficient (Wildman–Crippen LogP) is 2.87. The van der Waals surface area contributed by atoms with Crippen LogP contribution in [-0.4, -0.2) is 13.1 Å². The first-order chi connectivity index (χ1) is 5.91. The number of hydrogen-bond acceptors (Lipinski definition) is 2. The van der Waals surface area contributed by atoms with Crippen LogP contribution >= 0.6 is 24.8 Å². The van der Waals surface area contributed by atoms with Crippen LogP contribution in [0.2, 0.25) is 0 Å². The van der Waals surface area contributed by atoms with Gasteiger partial charge in [0.2, 0.25) is 0 Å². The van der Waals surface area contributed by atoms with E-state index in [9.17, 15) is 0 Å². The maximum atomic E-state index is 5.40. The van der Waals surface area contributed by atoms with Gasteiger partial charge in [-0.15, -0.1) is 24.8 Å². The van der Waals surface area contributed by atoms with E-state index in [4.69, 9.17) is 11.5 Å². The Kier molecular flexibility index (Phi) is 27.3. The lowest BCUT2D eigenvalue weighted by Crippen LogP contribution is -1.98. The highest BCUT2D eigenvalue weighted by Crippen LogP contribution is 2.07. The number of halogens is 2. The molecule has 0 aliphatic rings. The minimum Gasteiger partial charge on any atom is -0.330 e. The zero-order chi connectivity index (χ0) is 9.07. The summed E-state index contributed by atoms with van der Waals surface area (Å²) in [7, 11) is 0. The molecule has 0 radical (unpaired) electrons. The molecule has 14 heavy (non-hydrogen) atoms. The zero-order valence-corrected chi connectivity index (χ0v) is 10.7. The third kappa shape index (κ3) is 18.3. The van der Waals surface area contributed by atoms with Crippen molar-refractivity contribution in [1.29, 1.82) is 0 Å². The fourth-order valence-electron chi connectivity index (χ4n) is 1.35. The van der Waals surface area contributed by atoms with Crippen LogP contribution in [0.4, 0.5) is 0 Å². The van der Waals surface area contributed by atoms with E-state index < -0.39 is 0 Å². The molecule has 4 heteroatoms.